The lowest BCUT2D eigenvalue weighted by molar-refractivity contribution is -0.135. The van der Waals surface area contributed by atoms with E-state index in [1.54, 1.807) is 0 Å². The van der Waals surface area contributed by atoms with Crippen molar-refractivity contribution in [1.29, 1.82) is 0 Å². The largest absolute Gasteiger partial charge is 0.333 e. The quantitative estimate of drug-likeness (QED) is 0.604. The number of hydrogen-bond donors (Lipinski definition) is 0. The van der Waals surface area contributed by atoms with Gasteiger partial charge < -0.3 is 0 Å². The van der Waals surface area contributed by atoms with Crippen LogP contribution in [0.25, 0.3) is 0 Å². The average molecular weight is 362 g/mol. The van der Waals surface area contributed by atoms with Crippen molar-refractivity contribution >= 4 is 41.4 Å². The third-order valence-electron chi connectivity index (χ3n) is 3.73. The van der Waals surface area contributed by atoms with Gasteiger partial charge in [-0.15, -0.1) is 0 Å². The number of barbiturate groups is 1. The SMILES string of the molecule is CCCN1C(=O)C(=C2Sc3ccccc3S2)C(=O)N(CCC)C1=O. The lowest BCUT2D eigenvalue weighted by Gasteiger charge is -2.34. The van der Waals surface area contributed by atoms with Crippen LogP contribution in [0.3, 0.4) is 0 Å². The number of thioether (sulfide) groups is 2. The molecule has 0 unspecified atom stereocenters. The molecule has 0 N–H and O–H groups in total. The highest BCUT2D eigenvalue weighted by Crippen LogP contribution is 2.52. The molecule has 3 rings (SSSR count). The molecule has 2 heterocycles. The summed E-state index contributed by atoms with van der Waals surface area (Å²) in [7, 11) is 0. The first-order chi connectivity index (χ1) is 11.6. The van der Waals surface area contributed by atoms with Gasteiger partial charge in [0.15, 0.2) is 0 Å². The van der Waals surface area contributed by atoms with Crippen LogP contribution < -0.4 is 0 Å². The number of imide groups is 2. The van der Waals surface area contributed by atoms with E-state index in [1.807, 2.05) is 38.1 Å². The predicted octanol–water partition coefficient (Wildman–Crippen LogP) is 3.71. The van der Waals surface area contributed by atoms with Gasteiger partial charge in [0.1, 0.15) is 5.57 Å². The maximum absolute atomic E-state index is 12.8. The molecule has 4 amide bonds. The van der Waals surface area contributed by atoms with Crippen molar-refractivity contribution in [3.05, 3.63) is 34.1 Å². The topological polar surface area (TPSA) is 57.7 Å². The zero-order valence-corrected chi connectivity index (χ0v) is 15.2. The second-order valence-electron chi connectivity index (χ2n) is 5.51. The van der Waals surface area contributed by atoms with Crippen LogP contribution in [0.4, 0.5) is 4.79 Å². The Hall–Kier alpha value is -1.73. The number of nitrogens with zero attached hydrogens (tertiary/aromatic N) is 2. The molecule has 2 aliphatic heterocycles. The van der Waals surface area contributed by atoms with E-state index < -0.39 is 17.8 Å². The molecule has 1 fully saturated rings. The summed E-state index contributed by atoms with van der Waals surface area (Å²) in [6.45, 7) is 4.46. The number of fused-ring (bicyclic) bond motifs is 1. The van der Waals surface area contributed by atoms with E-state index in [4.69, 9.17) is 0 Å². The molecular formula is C17H18N2O3S2. The number of amides is 4. The Morgan fingerprint density at radius 3 is 1.71 bits per heavy atom. The minimum absolute atomic E-state index is 0.128. The number of urea groups is 1. The predicted molar refractivity (Wildman–Crippen MR) is 94.6 cm³/mol. The van der Waals surface area contributed by atoms with Crippen LogP contribution in [0.15, 0.2) is 43.9 Å². The lowest BCUT2D eigenvalue weighted by atomic mass is 10.1. The second kappa shape index (κ2) is 7.03. The fourth-order valence-corrected chi connectivity index (χ4v) is 5.18. The van der Waals surface area contributed by atoms with Crippen molar-refractivity contribution in [2.45, 2.75) is 36.5 Å². The maximum Gasteiger partial charge on any atom is 0.333 e. The first kappa shape index (κ1) is 17.1. The van der Waals surface area contributed by atoms with Crippen LogP contribution in [0.5, 0.6) is 0 Å². The van der Waals surface area contributed by atoms with Gasteiger partial charge in [0.05, 0.1) is 4.24 Å². The van der Waals surface area contributed by atoms with Crippen LogP contribution in [0.2, 0.25) is 0 Å². The molecule has 0 atom stereocenters. The zero-order valence-electron chi connectivity index (χ0n) is 13.6. The van der Waals surface area contributed by atoms with E-state index >= 15 is 0 Å². The van der Waals surface area contributed by atoms with E-state index in [-0.39, 0.29) is 5.57 Å². The van der Waals surface area contributed by atoms with E-state index in [2.05, 4.69) is 0 Å². The molecule has 5 nitrogen and oxygen atoms in total. The molecule has 0 aliphatic carbocycles. The Morgan fingerprint density at radius 2 is 1.29 bits per heavy atom. The van der Waals surface area contributed by atoms with Crippen molar-refractivity contribution in [3.8, 4) is 0 Å². The van der Waals surface area contributed by atoms with E-state index in [9.17, 15) is 14.4 Å². The Balaban J connectivity index is 2.02. The van der Waals surface area contributed by atoms with Crippen LogP contribution in [0, 0.1) is 0 Å². The van der Waals surface area contributed by atoms with Gasteiger partial charge in [0.2, 0.25) is 0 Å². The summed E-state index contributed by atoms with van der Waals surface area (Å²) in [6.07, 6.45) is 1.32. The number of rotatable bonds is 4. The molecule has 2 aliphatic rings. The molecule has 0 bridgehead atoms. The van der Waals surface area contributed by atoms with E-state index in [1.165, 1.54) is 33.3 Å². The highest BCUT2D eigenvalue weighted by atomic mass is 32.2. The zero-order chi connectivity index (χ0) is 17.3. The molecule has 7 heteroatoms. The van der Waals surface area contributed by atoms with Crippen molar-refractivity contribution in [1.82, 2.24) is 9.80 Å². The summed E-state index contributed by atoms with van der Waals surface area (Å²) < 4.78 is 0.668. The van der Waals surface area contributed by atoms with Crippen molar-refractivity contribution in [3.63, 3.8) is 0 Å². The Bertz CT molecular complexity index is 688. The van der Waals surface area contributed by atoms with E-state index in [0.717, 1.165) is 9.79 Å². The van der Waals surface area contributed by atoms with Gasteiger partial charge in [-0.3, -0.25) is 19.4 Å². The Morgan fingerprint density at radius 1 is 0.833 bits per heavy atom. The molecule has 0 saturated carbocycles. The Kier molecular flexibility index (Phi) is 5.01. The summed E-state index contributed by atoms with van der Waals surface area (Å²) in [5.74, 6) is -0.941. The molecular weight excluding hydrogens is 344 g/mol. The summed E-state index contributed by atoms with van der Waals surface area (Å²) in [4.78, 5) is 42.5. The van der Waals surface area contributed by atoms with Gasteiger partial charge in [-0.1, -0.05) is 49.5 Å². The standard InChI is InChI=1S/C17H18N2O3S2/c1-3-9-18-14(20)13(15(21)19(10-4-2)17(18)22)16-23-11-7-5-6-8-12(11)24-16/h5-8H,3-4,9-10H2,1-2H3. The van der Waals surface area contributed by atoms with Gasteiger partial charge in [-0.2, -0.15) is 0 Å². The molecule has 1 saturated heterocycles. The van der Waals surface area contributed by atoms with Crippen molar-refractivity contribution < 1.29 is 14.4 Å². The summed E-state index contributed by atoms with van der Waals surface area (Å²) in [6, 6.07) is 7.30. The molecule has 24 heavy (non-hydrogen) atoms. The first-order valence-electron chi connectivity index (χ1n) is 7.95. The second-order valence-corrected chi connectivity index (χ2v) is 7.87. The van der Waals surface area contributed by atoms with Crippen LogP contribution in [-0.2, 0) is 9.59 Å². The maximum atomic E-state index is 12.8. The van der Waals surface area contributed by atoms with Crippen LogP contribution in [0.1, 0.15) is 26.7 Å². The molecule has 0 spiro atoms. The van der Waals surface area contributed by atoms with Crippen molar-refractivity contribution in [2.75, 3.05) is 13.1 Å². The van der Waals surface area contributed by atoms with Gasteiger partial charge in [0, 0.05) is 22.9 Å². The number of hydrogen-bond acceptors (Lipinski definition) is 5. The molecule has 1 aromatic carbocycles. The van der Waals surface area contributed by atoms with Gasteiger partial charge in [0.25, 0.3) is 11.8 Å². The molecule has 0 aromatic heterocycles. The van der Waals surface area contributed by atoms with Gasteiger partial charge >= 0.3 is 6.03 Å². The van der Waals surface area contributed by atoms with Gasteiger partial charge in [-0.05, 0) is 25.0 Å². The molecule has 0 radical (unpaired) electrons. The smallest absolute Gasteiger partial charge is 0.268 e. The number of benzene rings is 1. The first-order valence-corrected chi connectivity index (χ1v) is 9.58. The van der Waals surface area contributed by atoms with Gasteiger partial charge in [-0.25, -0.2) is 4.79 Å². The number of carbonyl (C=O) groups excluding carboxylic acids is 3. The fourth-order valence-electron chi connectivity index (χ4n) is 2.64. The summed E-state index contributed by atoms with van der Waals surface area (Å²) in [5.41, 5.74) is 0.128. The van der Waals surface area contributed by atoms with E-state index in [0.29, 0.717) is 30.2 Å². The monoisotopic (exact) mass is 362 g/mol. The minimum atomic E-state index is -0.497. The molecule has 1 aromatic rings. The highest BCUT2D eigenvalue weighted by Gasteiger charge is 2.44. The third kappa shape index (κ3) is 2.86. The average Bonchev–Trinajstić information content (AvgIpc) is 2.99. The third-order valence-corrected chi connectivity index (χ3v) is 6.29. The summed E-state index contributed by atoms with van der Waals surface area (Å²) >= 11 is 2.86. The normalized spacial score (nSPS) is 17.8. The lowest BCUT2D eigenvalue weighted by Crippen LogP contribution is -2.56. The van der Waals surface area contributed by atoms with Crippen molar-refractivity contribution in [2.24, 2.45) is 0 Å². The summed E-state index contributed by atoms with van der Waals surface area (Å²) in [5, 5.41) is 0. The minimum Gasteiger partial charge on any atom is -0.268 e. The fraction of sp³-hybridized carbons (Fsp3) is 0.353. The number of carbonyl (C=O) groups is 3. The van der Waals surface area contributed by atoms with Crippen LogP contribution >= 0.6 is 23.5 Å². The van der Waals surface area contributed by atoms with Crippen LogP contribution in [-0.4, -0.2) is 40.7 Å². The Labute approximate surface area is 149 Å². The molecule has 126 valence electrons. The highest BCUT2D eigenvalue weighted by molar-refractivity contribution is 8.24.